The van der Waals surface area contributed by atoms with E-state index in [0.29, 0.717) is 11.1 Å². The lowest BCUT2D eigenvalue weighted by molar-refractivity contribution is 0.210. The zero-order valence-corrected chi connectivity index (χ0v) is 11.6. The maximum absolute atomic E-state index is 12.7. The molecule has 0 saturated heterocycles. The molecule has 2 rings (SSSR count). The molecule has 0 aromatic heterocycles. The Morgan fingerprint density at radius 1 is 1.05 bits per heavy atom. The number of benzene rings is 2. The highest BCUT2D eigenvalue weighted by molar-refractivity contribution is 6.73. The minimum absolute atomic E-state index is 0.107. The van der Waals surface area contributed by atoms with Gasteiger partial charge < -0.3 is 17.7 Å². The molecule has 2 aromatic rings. The third kappa shape index (κ3) is 3.47. The van der Waals surface area contributed by atoms with Crippen LogP contribution in [0.25, 0.3) is 10.8 Å². The minimum atomic E-state index is -4.95. The van der Waals surface area contributed by atoms with E-state index >= 15 is 0 Å². The van der Waals surface area contributed by atoms with E-state index in [4.69, 9.17) is 4.74 Å². The van der Waals surface area contributed by atoms with E-state index in [0.717, 1.165) is 24.3 Å². The highest BCUT2D eigenvalue weighted by atomic mass is 19.4. The first kappa shape index (κ1) is 14.8. The van der Waals surface area contributed by atoms with Crippen LogP contribution in [0.5, 0.6) is 5.75 Å². The smallest absolute Gasteiger partial charge is 0.491 e. The Labute approximate surface area is 116 Å². The first-order chi connectivity index (χ1) is 9.40. The Hall–Kier alpha value is -1.65. The summed E-state index contributed by atoms with van der Waals surface area (Å²) in [5, 5.41) is 1.34. The number of hydrogen-bond donors (Lipinski definition) is 0. The van der Waals surface area contributed by atoms with Gasteiger partial charge in [-0.3, -0.25) is 0 Å². The van der Waals surface area contributed by atoms with E-state index in [-0.39, 0.29) is 6.10 Å². The molecule has 1 atom stereocenters. The molecule has 0 saturated carbocycles. The standard InChI is InChI=1S/C15H17BF3O/c1-3-4-11(2)20-15-8-6-12-9-14(16(17,18)19)7-5-13(12)10-15/h5-11H,3-4H2,1-2H3/q-1. The summed E-state index contributed by atoms with van der Waals surface area (Å²) in [4.78, 5) is 0. The number of rotatable bonds is 5. The van der Waals surface area contributed by atoms with E-state index in [9.17, 15) is 12.9 Å². The molecule has 20 heavy (non-hydrogen) atoms. The topological polar surface area (TPSA) is 9.23 Å². The minimum Gasteiger partial charge on any atom is -0.491 e. The van der Waals surface area contributed by atoms with Gasteiger partial charge in [0.25, 0.3) is 0 Å². The molecule has 108 valence electrons. The zero-order chi connectivity index (χ0) is 14.8. The normalized spacial score (nSPS) is 13.4. The van der Waals surface area contributed by atoms with Crippen molar-refractivity contribution in [3.05, 3.63) is 36.4 Å². The Bertz CT molecular complexity index is 595. The highest BCUT2D eigenvalue weighted by Crippen LogP contribution is 2.23. The van der Waals surface area contributed by atoms with Gasteiger partial charge in [0.05, 0.1) is 6.10 Å². The molecule has 0 fully saturated rings. The number of halogens is 3. The Balaban J connectivity index is 2.27. The van der Waals surface area contributed by atoms with Crippen molar-refractivity contribution in [2.75, 3.05) is 0 Å². The van der Waals surface area contributed by atoms with E-state index in [2.05, 4.69) is 6.92 Å². The summed E-state index contributed by atoms with van der Waals surface area (Å²) in [6.07, 6.45) is 2.09. The molecule has 0 spiro atoms. The summed E-state index contributed by atoms with van der Waals surface area (Å²) < 4.78 is 43.8. The molecule has 0 N–H and O–H groups in total. The predicted molar refractivity (Wildman–Crippen MR) is 77.7 cm³/mol. The molecule has 0 aliphatic rings. The summed E-state index contributed by atoms with van der Waals surface area (Å²) in [5.74, 6) is 0.698. The molecule has 0 aliphatic carbocycles. The predicted octanol–water partition coefficient (Wildman–Crippen LogP) is 4.46. The average molecular weight is 281 g/mol. The molecule has 0 bridgehead atoms. The molecule has 0 radical (unpaired) electrons. The highest BCUT2D eigenvalue weighted by Gasteiger charge is 2.25. The Morgan fingerprint density at radius 2 is 1.70 bits per heavy atom. The molecule has 1 unspecified atom stereocenters. The van der Waals surface area contributed by atoms with Gasteiger partial charge in [0.1, 0.15) is 5.75 Å². The lowest BCUT2D eigenvalue weighted by Crippen LogP contribution is -2.33. The largest absolute Gasteiger partial charge is 0.509 e. The quantitative estimate of drug-likeness (QED) is 0.735. The summed E-state index contributed by atoms with van der Waals surface area (Å²) >= 11 is 0. The van der Waals surface area contributed by atoms with Gasteiger partial charge in [-0.15, -0.1) is 5.46 Å². The van der Waals surface area contributed by atoms with Crippen LogP contribution in [0.2, 0.25) is 0 Å². The zero-order valence-electron chi connectivity index (χ0n) is 11.6. The SMILES string of the molecule is CCCC(C)Oc1ccc2cc([B-](F)(F)F)ccc2c1. The summed E-state index contributed by atoms with van der Waals surface area (Å²) in [7, 11) is 0. The van der Waals surface area contributed by atoms with Crippen LogP contribution in [0.15, 0.2) is 36.4 Å². The van der Waals surface area contributed by atoms with Gasteiger partial charge in [0.2, 0.25) is 0 Å². The van der Waals surface area contributed by atoms with Crippen LogP contribution in [0, 0.1) is 0 Å². The van der Waals surface area contributed by atoms with E-state index in [1.807, 2.05) is 6.92 Å². The van der Waals surface area contributed by atoms with Crippen molar-refractivity contribution in [3.63, 3.8) is 0 Å². The fourth-order valence-electron chi connectivity index (χ4n) is 2.22. The van der Waals surface area contributed by atoms with Crippen molar-refractivity contribution in [2.24, 2.45) is 0 Å². The van der Waals surface area contributed by atoms with Crippen molar-refractivity contribution in [1.29, 1.82) is 0 Å². The maximum Gasteiger partial charge on any atom is 0.509 e. The van der Waals surface area contributed by atoms with Crippen LogP contribution in [-0.4, -0.2) is 13.1 Å². The van der Waals surface area contributed by atoms with Gasteiger partial charge in [-0.25, -0.2) is 0 Å². The lowest BCUT2D eigenvalue weighted by Gasteiger charge is -2.17. The van der Waals surface area contributed by atoms with Crippen molar-refractivity contribution in [1.82, 2.24) is 0 Å². The van der Waals surface area contributed by atoms with E-state index in [1.54, 1.807) is 18.2 Å². The Morgan fingerprint density at radius 3 is 2.35 bits per heavy atom. The second-order valence-corrected chi connectivity index (χ2v) is 5.06. The first-order valence-electron chi connectivity index (χ1n) is 6.80. The summed E-state index contributed by atoms with van der Waals surface area (Å²) in [6.45, 7) is -0.875. The van der Waals surface area contributed by atoms with E-state index in [1.165, 1.54) is 12.1 Å². The maximum atomic E-state index is 12.7. The van der Waals surface area contributed by atoms with Crippen LogP contribution in [0.4, 0.5) is 12.9 Å². The van der Waals surface area contributed by atoms with Gasteiger partial charge in [0.15, 0.2) is 0 Å². The second-order valence-electron chi connectivity index (χ2n) is 5.06. The first-order valence-corrected chi connectivity index (χ1v) is 6.80. The lowest BCUT2D eigenvalue weighted by atomic mass is 9.79. The molecule has 1 nitrogen and oxygen atoms in total. The molecule has 2 aromatic carbocycles. The van der Waals surface area contributed by atoms with Crippen LogP contribution < -0.4 is 10.2 Å². The summed E-state index contributed by atoms with van der Waals surface area (Å²) in [5.41, 5.74) is -0.564. The Kier molecular flexibility index (Phi) is 4.26. The van der Waals surface area contributed by atoms with Crippen LogP contribution in [-0.2, 0) is 0 Å². The monoisotopic (exact) mass is 281 g/mol. The number of ether oxygens (including phenoxy) is 1. The molecular formula is C15H17BF3O-. The van der Waals surface area contributed by atoms with Crippen molar-refractivity contribution in [3.8, 4) is 5.75 Å². The van der Waals surface area contributed by atoms with Gasteiger partial charge >= 0.3 is 6.98 Å². The molecule has 0 amide bonds. The molecule has 0 aliphatic heterocycles. The summed E-state index contributed by atoms with van der Waals surface area (Å²) in [6, 6.07) is 9.00. The fraction of sp³-hybridized carbons (Fsp3) is 0.333. The van der Waals surface area contributed by atoms with Crippen molar-refractivity contribution >= 4 is 23.2 Å². The van der Waals surface area contributed by atoms with Crippen molar-refractivity contribution in [2.45, 2.75) is 32.8 Å². The van der Waals surface area contributed by atoms with E-state index < -0.39 is 12.4 Å². The van der Waals surface area contributed by atoms with Gasteiger partial charge in [-0.05, 0) is 36.2 Å². The average Bonchev–Trinajstić information content (AvgIpc) is 2.37. The number of hydrogen-bond acceptors (Lipinski definition) is 1. The number of fused-ring (bicyclic) bond motifs is 1. The third-order valence-corrected chi connectivity index (χ3v) is 3.25. The van der Waals surface area contributed by atoms with Crippen LogP contribution in [0.3, 0.4) is 0 Å². The second kappa shape index (κ2) is 5.77. The molecule has 0 heterocycles. The van der Waals surface area contributed by atoms with Crippen molar-refractivity contribution < 1.29 is 17.7 Å². The van der Waals surface area contributed by atoms with Gasteiger partial charge in [-0.1, -0.05) is 37.6 Å². The van der Waals surface area contributed by atoms with Gasteiger partial charge in [-0.2, -0.15) is 0 Å². The molecular weight excluding hydrogens is 264 g/mol. The molecule has 5 heteroatoms. The van der Waals surface area contributed by atoms with Gasteiger partial charge in [0, 0.05) is 0 Å². The fourth-order valence-corrected chi connectivity index (χ4v) is 2.22. The van der Waals surface area contributed by atoms with Crippen LogP contribution in [0.1, 0.15) is 26.7 Å². The van der Waals surface area contributed by atoms with Crippen LogP contribution >= 0.6 is 0 Å². The third-order valence-electron chi connectivity index (χ3n) is 3.25.